The number of aryl methyl sites for hydroxylation is 1. The van der Waals surface area contributed by atoms with Gasteiger partial charge in [-0.3, -0.25) is 4.79 Å². The summed E-state index contributed by atoms with van der Waals surface area (Å²) >= 11 is 3.40. The summed E-state index contributed by atoms with van der Waals surface area (Å²) in [6.45, 7) is 5.11. The minimum atomic E-state index is -0.181. The third-order valence-corrected chi connectivity index (χ3v) is 5.06. The van der Waals surface area contributed by atoms with Crippen molar-refractivity contribution in [3.63, 3.8) is 0 Å². The predicted molar refractivity (Wildman–Crippen MR) is 111 cm³/mol. The van der Waals surface area contributed by atoms with E-state index in [2.05, 4.69) is 43.0 Å². The highest BCUT2D eigenvalue weighted by molar-refractivity contribution is 9.10. The van der Waals surface area contributed by atoms with Gasteiger partial charge < -0.3 is 9.64 Å². The van der Waals surface area contributed by atoms with Gasteiger partial charge >= 0.3 is 0 Å². The zero-order chi connectivity index (χ0) is 18.8. The number of anilines is 1. The molecule has 0 bridgehead atoms. The number of rotatable bonds is 3. The van der Waals surface area contributed by atoms with Gasteiger partial charge in [-0.25, -0.2) is 4.98 Å². The molecule has 0 N–H and O–H groups in total. The molecule has 4 rings (SSSR count). The molecule has 0 atom stereocenters. The van der Waals surface area contributed by atoms with E-state index in [-0.39, 0.29) is 5.56 Å². The van der Waals surface area contributed by atoms with Crippen LogP contribution in [0.2, 0.25) is 0 Å². The van der Waals surface area contributed by atoms with E-state index < -0.39 is 0 Å². The van der Waals surface area contributed by atoms with Gasteiger partial charge in [-0.1, -0.05) is 28.1 Å². The van der Waals surface area contributed by atoms with Gasteiger partial charge in [0.15, 0.2) is 0 Å². The van der Waals surface area contributed by atoms with Gasteiger partial charge in [0.25, 0.3) is 5.56 Å². The normalized spacial score (nSPS) is 15.0. The Morgan fingerprint density at radius 1 is 1.15 bits per heavy atom. The fourth-order valence-corrected chi connectivity index (χ4v) is 3.47. The van der Waals surface area contributed by atoms with Crippen molar-refractivity contribution in [1.29, 1.82) is 0 Å². The van der Waals surface area contributed by atoms with Crippen LogP contribution in [0.5, 0.6) is 0 Å². The van der Waals surface area contributed by atoms with E-state index in [0.717, 1.165) is 36.3 Å². The number of aromatic nitrogens is 2. The molecule has 1 saturated heterocycles. The van der Waals surface area contributed by atoms with Crippen molar-refractivity contribution in [2.24, 2.45) is 5.10 Å². The van der Waals surface area contributed by atoms with Crippen LogP contribution in [0.3, 0.4) is 0 Å². The molecule has 1 aliphatic heterocycles. The van der Waals surface area contributed by atoms with Crippen LogP contribution in [-0.4, -0.2) is 42.2 Å². The lowest BCUT2D eigenvalue weighted by Gasteiger charge is -2.28. The third-order valence-electron chi connectivity index (χ3n) is 4.56. The van der Waals surface area contributed by atoms with Crippen molar-refractivity contribution in [3.8, 4) is 0 Å². The molecule has 2 heterocycles. The van der Waals surface area contributed by atoms with Crippen LogP contribution in [-0.2, 0) is 4.74 Å². The zero-order valence-corrected chi connectivity index (χ0v) is 16.5. The number of hydrogen-bond acceptors (Lipinski definition) is 5. The molecule has 0 spiro atoms. The SMILES string of the molecule is Cc1nc2ccc(Br)cc2c(=O)n1N=Cc1ccc(N2CCOCC2)cc1. The molecule has 2 aromatic carbocycles. The summed E-state index contributed by atoms with van der Waals surface area (Å²) in [5, 5.41) is 4.90. The Morgan fingerprint density at radius 2 is 1.89 bits per heavy atom. The molecule has 7 heteroatoms. The van der Waals surface area contributed by atoms with E-state index in [0.29, 0.717) is 16.7 Å². The summed E-state index contributed by atoms with van der Waals surface area (Å²) in [5.74, 6) is 0.552. The summed E-state index contributed by atoms with van der Waals surface area (Å²) in [7, 11) is 0. The average Bonchev–Trinajstić information content (AvgIpc) is 2.70. The number of benzene rings is 2. The Balaban J connectivity index is 1.61. The molecule has 1 aromatic heterocycles. The number of ether oxygens (including phenoxy) is 1. The zero-order valence-electron chi connectivity index (χ0n) is 14.9. The maximum atomic E-state index is 12.8. The second-order valence-corrected chi connectivity index (χ2v) is 7.29. The van der Waals surface area contributed by atoms with Crippen LogP contribution in [0, 0.1) is 6.92 Å². The average molecular weight is 427 g/mol. The van der Waals surface area contributed by atoms with Gasteiger partial charge in [-0.2, -0.15) is 9.78 Å². The predicted octanol–water partition coefficient (Wildman–Crippen LogP) is 3.19. The van der Waals surface area contributed by atoms with Gasteiger partial charge in [-0.15, -0.1) is 0 Å². The quantitative estimate of drug-likeness (QED) is 0.603. The van der Waals surface area contributed by atoms with Crippen LogP contribution in [0.25, 0.3) is 10.9 Å². The molecule has 1 fully saturated rings. The first-order valence-electron chi connectivity index (χ1n) is 8.78. The molecule has 0 radical (unpaired) electrons. The summed E-state index contributed by atoms with van der Waals surface area (Å²) < 4.78 is 7.57. The monoisotopic (exact) mass is 426 g/mol. The van der Waals surface area contributed by atoms with Gasteiger partial charge in [0.2, 0.25) is 0 Å². The smallest absolute Gasteiger partial charge is 0.282 e. The highest BCUT2D eigenvalue weighted by Crippen LogP contribution is 2.17. The minimum absolute atomic E-state index is 0.181. The Bertz CT molecular complexity index is 1050. The maximum Gasteiger partial charge on any atom is 0.282 e. The molecule has 0 saturated carbocycles. The summed E-state index contributed by atoms with van der Waals surface area (Å²) in [6, 6.07) is 13.6. The lowest BCUT2D eigenvalue weighted by molar-refractivity contribution is 0.122. The van der Waals surface area contributed by atoms with Crippen LogP contribution >= 0.6 is 15.9 Å². The van der Waals surface area contributed by atoms with E-state index in [1.54, 1.807) is 19.2 Å². The van der Waals surface area contributed by atoms with Gasteiger partial charge in [-0.05, 0) is 42.8 Å². The van der Waals surface area contributed by atoms with E-state index in [9.17, 15) is 4.79 Å². The van der Waals surface area contributed by atoms with Crippen molar-refractivity contribution in [2.45, 2.75) is 6.92 Å². The molecule has 3 aromatic rings. The van der Waals surface area contributed by atoms with Crippen molar-refractivity contribution in [2.75, 3.05) is 31.2 Å². The fraction of sp³-hybridized carbons (Fsp3) is 0.250. The molecule has 0 aliphatic carbocycles. The lowest BCUT2D eigenvalue weighted by atomic mass is 10.2. The Morgan fingerprint density at radius 3 is 2.63 bits per heavy atom. The highest BCUT2D eigenvalue weighted by atomic mass is 79.9. The molecule has 6 nitrogen and oxygen atoms in total. The molecule has 138 valence electrons. The number of halogens is 1. The fourth-order valence-electron chi connectivity index (χ4n) is 3.11. The summed E-state index contributed by atoms with van der Waals surface area (Å²) in [5.41, 5.74) is 2.58. The first-order valence-corrected chi connectivity index (χ1v) is 9.57. The van der Waals surface area contributed by atoms with Gasteiger partial charge in [0.1, 0.15) is 5.82 Å². The first-order chi connectivity index (χ1) is 13.1. The van der Waals surface area contributed by atoms with Crippen molar-refractivity contribution < 1.29 is 4.74 Å². The molecular weight excluding hydrogens is 408 g/mol. The lowest BCUT2D eigenvalue weighted by Crippen LogP contribution is -2.36. The largest absolute Gasteiger partial charge is 0.378 e. The standard InChI is InChI=1S/C20H19BrN4O2/c1-14-23-19-7-4-16(21)12-18(19)20(26)25(14)22-13-15-2-5-17(6-3-15)24-8-10-27-11-9-24/h2-7,12-13H,8-11H2,1H3. The molecule has 0 unspecified atom stereocenters. The minimum Gasteiger partial charge on any atom is -0.378 e. The van der Waals surface area contributed by atoms with Gasteiger partial charge in [0.05, 0.1) is 30.3 Å². The Hall–Kier alpha value is -2.51. The second-order valence-electron chi connectivity index (χ2n) is 6.37. The highest BCUT2D eigenvalue weighted by Gasteiger charge is 2.11. The Kier molecular flexibility index (Phi) is 5.05. The van der Waals surface area contributed by atoms with Crippen LogP contribution in [0.1, 0.15) is 11.4 Å². The number of nitrogens with zero attached hydrogens (tertiary/aromatic N) is 4. The third kappa shape index (κ3) is 3.79. The second kappa shape index (κ2) is 7.62. The maximum absolute atomic E-state index is 12.8. The first kappa shape index (κ1) is 17.9. The Labute approximate surface area is 165 Å². The van der Waals surface area contributed by atoms with Crippen LogP contribution in [0.4, 0.5) is 5.69 Å². The van der Waals surface area contributed by atoms with Crippen LogP contribution in [0.15, 0.2) is 56.8 Å². The number of fused-ring (bicyclic) bond motifs is 1. The van der Waals surface area contributed by atoms with E-state index in [1.165, 1.54) is 10.4 Å². The van der Waals surface area contributed by atoms with Crippen molar-refractivity contribution in [1.82, 2.24) is 9.66 Å². The van der Waals surface area contributed by atoms with Crippen molar-refractivity contribution in [3.05, 3.63) is 68.7 Å². The topological polar surface area (TPSA) is 59.7 Å². The molecule has 0 amide bonds. The number of hydrogen-bond donors (Lipinski definition) is 0. The van der Waals surface area contributed by atoms with E-state index >= 15 is 0 Å². The van der Waals surface area contributed by atoms with Crippen LogP contribution < -0.4 is 10.5 Å². The molecule has 27 heavy (non-hydrogen) atoms. The molecular formula is C20H19BrN4O2. The van der Waals surface area contributed by atoms with E-state index in [4.69, 9.17) is 4.74 Å². The summed E-state index contributed by atoms with van der Waals surface area (Å²) in [4.78, 5) is 19.5. The van der Waals surface area contributed by atoms with Gasteiger partial charge in [0, 0.05) is 23.2 Å². The van der Waals surface area contributed by atoms with E-state index in [1.807, 2.05) is 24.3 Å². The summed E-state index contributed by atoms with van der Waals surface area (Å²) in [6.07, 6.45) is 1.68. The number of morpholine rings is 1. The molecule has 1 aliphatic rings. The van der Waals surface area contributed by atoms with Crippen molar-refractivity contribution >= 4 is 38.7 Å².